The number of ether oxygens (including phenoxy) is 3. The number of alkyl carbamates (subject to hydrolysis) is 1. The van der Waals surface area contributed by atoms with Crippen LogP contribution in [0.5, 0.6) is 0 Å². The zero-order valence-electron chi connectivity index (χ0n) is 46.4. The maximum atomic E-state index is 14.3. The number of nitrogens with zero attached hydrogens (tertiary/aromatic N) is 2. The van der Waals surface area contributed by atoms with Gasteiger partial charge in [0.1, 0.15) is 36.4 Å². The molecule has 0 radical (unpaired) electrons. The van der Waals surface area contributed by atoms with Crippen molar-refractivity contribution in [3.8, 4) is 0 Å². The second-order valence-corrected chi connectivity index (χ2v) is 23.1. The third kappa shape index (κ3) is 22.5. The van der Waals surface area contributed by atoms with Crippen LogP contribution in [0.15, 0.2) is 53.6 Å². The SMILES string of the molecule is C/C=C(\C)C1OC(=O)[C@@H](C)NC(=O)[C@H](C(C)CC)NC(=O)CN(C)C(=O)[C@@H](Cc2ccccc2)N(C)C(=O)[C@H](C)NC(=O)[C@@H](CC(C)C)OC(=O)/C(C)=C/C[C@H](OC(=O)NCCCCCCCOP(C)(C)=O)[C@@H]1C. The lowest BCUT2D eigenvalue weighted by Crippen LogP contribution is -2.57. The number of hydrogen-bond acceptors (Lipinski definition) is 13. The Morgan fingerprint density at radius 2 is 1.50 bits per heavy atom. The van der Waals surface area contributed by atoms with Gasteiger partial charge in [-0.15, -0.1) is 0 Å². The highest BCUT2D eigenvalue weighted by Crippen LogP contribution is 2.37. The first kappa shape index (κ1) is 64.6. The van der Waals surface area contributed by atoms with Gasteiger partial charge in [0.25, 0.3) is 5.91 Å². The largest absolute Gasteiger partial charge is 0.456 e. The van der Waals surface area contributed by atoms with Crippen LogP contribution in [0.1, 0.15) is 126 Å². The highest BCUT2D eigenvalue weighted by atomic mass is 31.2. The molecule has 0 bridgehead atoms. The molecule has 0 aliphatic carbocycles. The molecule has 1 aliphatic heterocycles. The maximum absolute atomic E-state index is 14.3. The Hall–Kier alpha value is -5.55. The summed E-state index contributed by atoms with van der Waals surface area (Å²) in [6, 6.07) is 4.31. The molecule has 6 amide bonds. The molecule has 4 N–H and O–H groups in total. The van der Waals surface area contributed by atoms with Crippen LogP contribution >= 0.6 is 7.37 Å². The molecule has 1 heterocycles. The highest BCUT2D eigenvalue weighted by Gasteiger charge is 2.37. The fourth-order valence-electron chi connectivity index (χ4n) is 8.10. The molecule has 416 valence electrons. The van der Waals surface area contributed by atoms with Crippen molar-refractivity contribution >= 4 is 54.9 Å². The van der Waals surface area contributed by atoms with Gasteiger partial charge in [-0.2, -0.15) is 0 Å². The van der Waals surface area contributed by atoms with Gasteiger partial charge in [0, 0.05) is 58.3 Å². The van der Waals surface area contributed by atoms with Gasteiger partial charge in [0.05, 0.1) is 13.2 Å². The van der Waals surface area contributed by atoms with Crippen LogP contribution in [-0.2, 0) is 63.3 Å². The summed E-state index contributed by atoms with van der Waals surface area (Å²) in [5.74, 6) is -6.20. The summed E-state index contributed by atoms with van der Waals surface area (Å²) in [5, 5.41) is 10.9. The number of nitrogens with one attached hydrogen (secondary N) is 4. The Morgan fingerprint density at radius 1 is 0.878 bits per heavy atom. The lowest BCUT2D eigenvalue weighted by atomic mass is 9.90. The molecule has 1 aromatic rings. The van der Waals surface area contributed by atoms with E-state index in [9.17, 15) is 42.9 Å². The van der Waals surface area contributed by atoms with Crippen LogP contribution in [0.4, 0.5) is 4.79 Å². The Bertz CT molecular complexity index is 2150. The number of rotatable bonds is 17. The van der Waals surface area contributed by atoms with E-state index in [2.05, 4.69) is 21.3 Å². The van der Waals surface area contributed by atoms with E-state index >= 15 is 0 Å². The van der Waals surface area contributed by atoms with Crippen LogP contribution in [0, 0.1) is 17.8 Å². The summed E-state index contributed by atoms with van der Waals surface area (Å²) in [6.07, 6.45) is 3.77. The quantitative estimate of drug-likeness (QED) is 0.0430. The number of carbonyl (C=O) groups excluding carboxylic acids is 8. The standard InChI is InChI=1S/C54H87N6O13P/c1-15-35(5)46-49(63)57-40(10)53(67)73-47(36(6)16-2)38(8)43(72-54(68)55-29-23-18-17-19-24-30-70-74(13,14)69)28-27-37(7)52(66)71-44(31-34(3)4)48(62)56-39(9)50(64)60(12)42(32-41-25-21-20-22-26-41)51(65)59(11)33-45(61)58-46/h16,20-22,25-27,34-35,38-40,42-44,46-47H,15,17-19,23-24,28-33H2,1-14H3,(H,55,68)(H,56,62)(H,57,63)(H,58,61)/b36-16+,37-27+/t35?,38-,39-,40+,42+,43-,44+,46-,47?/m0/s1. The molecule has 0 saturated heterocycles. The number of benzene rings is 1. The van der Waals surface area contributed by atoms with Gasteiger partial charge in [-0.1, -0.05) is 103 Å². The average molecular weight is 1060 g/mol. The molecule has 74 heavy (non-hydrogen) atoms. The van der Waals surface area contributed by atoms with E-state index in [1.54, 1.807) is 71.4 Å². The molecule has 20 heteroatoms. The number of esters is 2. The van der Waals surface area contributed by atoms with Crippen LogP contribution < -0.4 is 21.3 Å². The van der Waals surface area contributed by atoms with Crippen LogP contribution in [0.25, 0.3) is 0 Å². The zero-order chi connectivity index (χ0) is 55.9. The normalized spacial score (nSPS) is 25.5. The summed E-state index contributed by atoms with van der Waals surface area (Å²) in [6.45, 7) is 20.3. The highest BCUT2D eigenvalue weighted by molar-refractivity contribution is 7.57. The van der Waals surface area contributed by atoms with Crippen molar-refractivity contribution in [2.24, 2.45) is 17.8 Å². The molecule has 1 aliphatic rings. The van der Waals surface area contributed by atoms with Crippen molar-refractivity contribution in [3.63, 3.8) is 0 Å². The van der Waals surface area contributed by atoms with Crippen LogP contribution in [0.2, 0.25) is 0 Å². The second-order valence-electron chi connectivity index (χ2n) is 20.4. The number of amides is 6. The Morgan fingerprint density at radius 3 is 2.11 bits per heavy atom. The second kappa shape index (κ2) is 32.0. The van der Waals surface area contributed by atoms with E-state index in [0.29, 0.717) is 31.6 Å². The fraction of sp³-hybridized carbons (Fsp3) is 0.667. The third-order valence-electron chi connectivity index (χ3n) is 13.1. The third-order valence-corrected chi connectivity index (χ3v) is 13.9. The molecular formula is C54H87N6O13P. The Balaban J connectivity index is 2.61. The van der Waals surface area contributed by atoms with Crippen molar-refractivity contribution < 1.29 is 61.7 Å². The van der Waals surface area contributed by atoms with E-state index < -0.39 is 116 Å². The molecule has 9 atom stereocenters. The molecule has 0 aromatic heterocycles. The molecular weight excluding hydrogens is 972 g/mol. The lowest BCUT2D eigenvalue weighted by Gasteiger charge is -2.33. The van der Waals surface area contributed by atoms with Gasteiger partial charge >= 0.3 is 18.0 Å². The number of likely N-dealkylation sites (N-methyl/N-ethyl adjacent to an activating group) is 2. The molecule has 2 unspecified atom stereocenters. The number of unbranched alkanes of at least 4 members (excludes halogenated alkanes) is 4. The maximum Gasteiger partial charge on any atom is 0.407 e. The van der Waals surface area contributed by atoms with Gasteiger partial charge in [0.2, 0.25) is 23.6 Å². The number of cyclic esters (lactones) is 2. The summed E-state index contributed by atoms with van der Waals surface area (Å²) >= 11 is 0. The van der Waals surface area contributed by atoms with Crippen molar-refractivity contribution in [2.75, 3.05) is 47.1 Å². The Kier molecular flexibility index (Phi) is 27.9. The topological polar surface area (TPSA) is 245 Å². The summed E-state index contributed by atoms with van der Waals surface area (Å²) in [4.78, 5) is 114. The fourth-order valence-corrected chi connectivity index (χ4v) is 8.67. The predicted molar refractivity (Wildman–Crippen MR) is 284 cm³/mol. The van der Waals surface area contributed by atoms with Gasteiger partial charge in [-0.3, -0.25) is 28.5 Å². The minimum Gasteiger partial charge on any atom is -0.456 e. The molecule has 1 aromatic carbocycles. The molecule has 0 spiro atoms. The van der Waals surface area contributed by atoms with Gasteiger partial charge < -0.3 is 49.8 Å². The first-order valence-electron chi connectivity index (χ1n) is 26.0. The van der Waals surface area contributed by atoms with E-state index in [4.69, 9.17) is 18.7 Å². The van der Waals surface area contributed by atoms with E-state index in [0.717, 1.165) is 36.1 Å². The van der Waals surface area contributed by atoms with Gasteiger partial charge in [-0.05, 0) is 76.9 Å². The van der Waals surface area contributed by atoms with Gasteiger partial charge in [-0.25, -0.2) is 14.4 Å². The van der Waals surface area contributed by atoms with Crippen molar-refractivity contribution in [3.05, 3.63) is 59.2 Å². The summed E-state index contributed by atoms with van der Waals surface area (Å²) < 4.78 is 35.1. The van der Waals surface area contributed by atoms with Crippen molar-refractivity contribution in [1.82, 2.24) is 31.1 Å². The number of hydrogen-bond donors (Lipinski definition) is 4. The predicted octanol–water partition coefficient (Wildman–Crippen LogP) is 6.48. The molecule has 19 nitrogen and oxygen atoms in total. The van der Waals surface area contributed by atoms with Crippen LogP contribution in [0.3, 0.4) is 0 Å². The lowest BCUT2D eigenvalue weighted by molar-refractivity contribution is -0.155. The summed E-state index contributed by atoms with van der Waals surface area (Å²) in [5.41, 5.74) is 1.42. The average Bonchev–Trinajstić information content (AvgIpc) is 3.34. The first-order chi connectivity index (χ1) is 34.7. The minimum atomic E-state index is -2.53. The summed E-state index contributed by atoms with van der Waals surface area (Å²) in [7, 11) is 0.305. The van der Waals surface area contributed by atoms with Crippen LogP contribution in [-0.4, -0.2) is 147 Å². The molecule has 0 saturated carbocycles. The number of carbonyl (C=O) groups is 8. The van der Waals surface area contributed by atoms with Crippen molar-refractivity contribution in [1.29, 1.82) is 0 Å². The van der Waals surface area contributed by atoms with E-state index in [1.807, 2.05) is 26.8 Å². The zero-order valence-corrected chi connectivity index (χ0v) is 47.3. The monoisotopic (exact) mass is 1060 g/mol. The van der Waals surface area contributed by atoms with E-state index in [-0.39, 0.29) is 30.8 Å². The van der Waals surface area contributed by atoms with Gasteiger partial charge in [0.15, 0.2) is 13.5 Å². The Labute approximate surface area is 439 Å². The minimum absolute atomic E-state index is 0.0510. The molecule has 2 rings (SSSR count). The number of allylic oxidation sites excluding steroid dienone is 1. The smallest absolute Gasteiger partial charge is 0.407 e. The van der Waals surface area contributed by atoms with Crippen molar-refractivity contribution in [2.45, 2.75) is 170 Å². The molecule has 0 fully saturated rings. The first-order valence-corrected chi connectivity index (χ1v) is 28.5. The van der Waals surface area contributed by atoms with E-state index in [1.165, 1.54) is 45.8 Å².